The summed E-state index contributed by atoms with van der Waals surface area (Å²) in [5, 5.41) is 7.86. The molecule has 8 heteroatoms. The second-order valence-electron chi connectivity index (χ2n) is 4.87. The van der Waals surface area contributed by atoms with Crippen LogP contribution in [0.3, 0.4) is 0 Å². The van der Waals surface area contributed by atoms with E-state index in [2.05, 4.69) is 9.97 Å². The van der Waals surface area contributed by atoms with Crippen LogP contribution in [0.1, 0.15) is 5.01 Å². The number of hydrogen-bond donors (Lipinski definition) is 1. The Morgan fingerprint density at radius 1 is 1.26 bits per heavy atom. The highest BCUT2D eigenvalue weighted by Crippen LogP contribution is 2.32. The molecule has 23 heavy (non-hydrogen) atoms. The highest BCUT2D eigenvalue weighted by molar-refractivity contribution is 7.89. The third-order valence-corrected chi connectivity index (χ3v) is 4.84. The van der Waals surface area contributed by atoms with Crippen molar-refractivity contribution in [2.45, 2.75) is 11.8 Å². The number of nitrogens with zero attached hydrogens (tertiary/aromatic N) is 2. The fourth-order valence-electron chi connectivity index (χ4n) is 2.19. The lowest BCUT2D eigenvalue weighted by molar-refractivity contribution is 0.592. The van der Waals surface area contributed by atoms with Gasteiger partial charge in [-0.2, -0.15) is 0 Å². The highest BCUT2D eigenvalue weighted by atomic mass is 32.2. The number of aromatic nitrogens is 2. The van der Waals surface area contributed by atoms with E-state index in [4.69, 9.17) is 5.14 Å². The highest BCUT2D eigenvalue weighted by Gasteiger charge is 2.16. The summed E-state index contributed by atoms with van der Waals surface area (Å²) in [5.74, 6) is -0.697. The molecule has 0 spiro atoms. The largest absolute Gasteiger partial charge is 0.256 e. The van der Waals surface area contributed by atoms with E-state index in [1.54, 1.807) is 18.3 Å². The van der Waals surface area contributed by atoms with E-state index < -0.39 is 15.8 Å². The molecule has 5 nitrogen and oxygen atoms in total. The molecular formula is C15H12FN3O2S2. The third-order valence-electron chi connectivity index (χ3n) is 3.18. The first-order chi connectivity index (χ1) is 10.8. The van der Waals surface area contributed by atoms with Gasteiger partial charge in [-0.3, -0.25) is 4.98 Å². The second kappa shape index (κ2) is 5.80. The number of thiazole rings is 1. The van der Waals surface area contributed by atoms with Crippen LogP contribution in [-0.4, -0.2) is 18.4 Å². The number of pyridine rings is 1. The summed E-state index contributed by atoms with van der Waals surface area (Å²) in [5.41, 5.74) is 2.18. The van der Waals surface area contributed by atoms with Crippen LogP contribution >= 0.6 is 11.3 Å². The van der Waals surface area contributed by atoms with Gasteiger partial charge in [0.05, 0.1) is 21.3 Å². The van der Waals surface area contributed by atoms with Gasteiger partial charge in [0, 0.05) is 22.7 Å². The Balaban J connectivity index is 2.22. The van der Waals surface area contributed by atoms with Crippen molar-refractivity contribution in [1.82, 2.24) is 9.97 Å². The normalized spacial score (nSPS) is 11.6. The average Bonchev–Trinajstić information content (AvgIpc) is 2.92. The first-order valence-electron chi connectivity index (χ1n) is 6.56. The lowest BCUT2D eigenvalue weighted by Gasteiger charge is -2.08. The molecule has 0 saturated carbocycles. The third kappa shape index (κ3) is 3.29. The molecule has 2 heterocycles. The van der Waals surface area contributed by atoms with E-state index in [1.165, 1.54) is 23.5 Å². The zero-order chi connectivity index (χ0) is 16.6. The van der Waals surface area contributed by atoms with Gasteiger partial charge in [0.2, 0.25) is 10.0 Å². The molecule has 0 unspecified atom stereocenters. The Hall–Kier alpha value is -2.16. The minimum absolute atomic E-state index is 0.293. The number of aryl methyl sites for hydroxylation is 1. The van der Waals surface area contributed by atoms with Crippen LogP contribution in [0.15, 0.2) is 46.8 Å². The number of sulfonamides is 1. The Morgan fingerprint density at radius 2 is 2.04 bits per heavy atom. The van der Waals surface area contributed by atoms with Crippen LogP contribution in [0.5, 0.6) is 0 Å². The van der Waals surface area contributed by atoms with E-state index in [9.17, 15) is 12.8 Å². The molecule has 0 radical (unpaired) electrons. The van der Waals surface area contributed by atoms with Crippen LogP contribution in [0.25, 0.3) is 22.5 Å². The predicted octanol–water partition coefficient (Wildman–Crippen LogP) is 2.97. The minimum atomic E-state index is -4.01. The summed E-state index contributed by atoms with van der Waals surface area (Å²) < 4.78 is 36.8. The standard InChI is InChI=1S/C15H12FN3O2S2/c1-9-19-14(8-22-9)13-3-2-4-18-15(13)10-5-11(16)7-12(6-10)23(17,20)21/h2-8H,1H3,(H2,17,20,21). The van der Waals surface area contributed by atoms with Crippen molar-refractivity contribution in [2.24, 2.45) is 5.14 Å². The molecule has 0 amide bonds. The molecule has 1 aromatic carbocycles. The summed E-state index contributed by atoms with van der Waals surface area (Å²) >= 11 is 1.48. The molecule has 0 saturated heterocycles. The van der Waals surface area contributed by atoms with Crippen molar-refractivity contribution in [3.8, 4) is 22.5 Å². The van der Waals surface area contributed by atoms with Crippen molar-refractivity contribution < 1.29 is 12.8 Å². The SMILES string of the molecule is Cc1nc(-c2cccnc2-c2cc(F)cc(S(N)(=O)=O)c2)cs1. The van der Waals surface area contributed by atoms with Gasteiger partial charge >= 0.3 is 0 Å². The molecule has 2 aromatic heterocycles. The summed E-state index contributed by atoms with van der Waals surface area (Å²) in [6.07, 6.45) is 1.56. The molecular weight excluding hydrogens is 337 g/mol. The second-order valence-corrected chi connectivity index (χ2v) is 7.50. The summed E-state index contributed by atoms with van der Waals surface area (Å²) in [6.45, 7) is 1.88. The Labute approximate surface area is 136 Å². The molecule has 0 aliphatic heterocycles. The topological polar surface area (TPSA) is 85.9 Å². The van der Waals surface area contributed by atoms with Crippen molar-refractivity contribution >= 4 is 21.4 Å². The lowest BCUT2D eigenvalue weighted by atomic mass is 10.0. The molecule has 2 N–H and O–H groups in total. The number of hydrogen-bond acceptors (Lipinski definition) is 5. The minimum Gasteiger partial charge on any atom is -0.256 e. The molecule has 0 fully saturated rings. The first-order valence-corrected chi connectivity index (χ1v) is 8.98. The maximum Gasteiger partial charge on any atom is 0.238 e. The summed E-state index contributed by atoms with van der Waals surface area (Å²) in [4.78, 5) is 8.37. The van der Waals surface area contributed by atoms with Crippen LogP contribution in [0, 0.1) is 12.7 Å². The monoisotopic (exact) mass is 349 g/mol. The Kier molecular flexibility index (Phi) is 3.97. The number of nitrogens with two attached hydrogens (primary N) is 1. The van der Waals surface area contributed by atoms with E-state index in [0.717, 1.165) is 11.1 Å². The van der Waals surface area contributed by atoms with Crippen LogP contribution in [0.4, 0.5) is 4.39 Å². The Bertz CT molecular complexity index is 984. The molecule has 3 rings (SSSR count). The average molecular weight is 349 g/mol. The lowest BCUT2D eigenvalue weighted by Crippen LogP contribution is -2.12. The van der Waals surface area contributed by atoms with Gasteiger partial charge in [0.25, 0.3) is 0 Å². The predicted molar refractivity (Wildman–Crippen MR) is 86.8 cm³/mol. The van der Waals surface area contributed by atoms with Crippen molar-refractivity contribution in [1.29, 1.82) is 0 Å². The fourth-order valence-corrected chi connectivity index (χ4v) is 3.37. The van der Waals surface area contributed by atoms with Gasteiger partial charge in [-0.05, 0) is 37.3 Å². The van der Waals surface area contributed by atoms with Gasteiger partial charge < -0.3 is 0 Å². The van der Waals surface area contributed by atoms with Crippen molar-refractivity contribution in [3.05, 3.63) is 52.7 Å². The van der Waals surface area contributed by atoms with Crippen LogP contribution in [0.2, 0.25) is 0 Å². The molecule has 118 valence electrons. The van der Waals surface area contributed by atoms with E-state index in [0.29, 0.717) is 22.5 Å². The quantitative estimate of drug-likeness (QED) is 0.788. The van der Waals surface area contributed by atoms with Crippen LogP contribution < -0.4 is 5.14 Å². The zero-order valence-corrected chi connectivity index (χ0v) is 13.7. The molecule has 3 aromatic rings. The van der Waals surface area contributed by atoms with E-state index >= 15 is 0 Å². The maximum absolute atomic E-state index is 13.8. The van der Waals surface area contributed by atoms with Gasteiger partial charge in [-0.1, -0.05) is 0 Å². The zero-order valence-electron chi connectivity index (χ0n) is 12.0. The first kappa shape index (κ1) is 15.7. The number of benzene rings is 1. The van der Waals surface area contributed by atoms with Gasteiger partial charge in [-0.15, -0.1) is 11.3 Å². The summed E-state index contributed by atoms with van der Waals surface area (Å²) in [7, 11) is -4.01. The van der Waals surface area contributed by atoms with Crippen molar-refractivity contribution in [2.75, 3.05) is 0 Å². The molecule has 0 atom stereocenters. The van der Waals surface area contributed by atoms with Gasteiger partial charge in [-0.25, -0.2) is 22.9 Å². The maximum atomic E-state index is 13.8. The molecule has 0 aliphatic carbocycles. The molecule has 0 aliphatic rings. The Morgan fingerprint density at radius 3 is 2.70 bits per heavy atom. The fraction of sp³-hybridized carbons (Fsp3) is 0.0667. The number of primary sulfonamides is 1. The number of rotatable bonds is 3. The van der Waals surface area contributed by atoms with Gasteiger partial charge in [0.15, 0.2) is 0 Å². The summed E-state index contributed by atoms with van der Waals surface area (Å²) in [6, 6.07) is 6.96. The van der Waals surface area contributed by atoms with Crippen LogP contribution in [-0.2, 0) is 10.0 Å². The molecule has 0 bridgehead atoms. The van der Waals surface area contributed by atoms with Crippen molar-refractivity contribution in [3.63, 3.8) is 0 Å². The van der Waals surface area contributed by atoms with E-state index in [-0.39, 0.29) is 4.90 Å². The van der Waals surface area contributed by atoms with E-state index in [1.807, 2.05) is 12.3 Å². The smallest absolute Gasteiger partial charge is 0.238 e. The number of halogens is 1. The van der Waals surface area contributed by atoms with Gasteiger partial charge in [0.1, 0.15) is 5.82 Å².